The van der Waals surface area contributed by atoms with E-state index >= 15 is 0 Å². The van der Waals surface area contributed by atoms with Crippen molar-refractivity contribution in [3.8, 4) is 0 Å². The molecule has 1 fully saturated rings. The van der Waals surface area contributed by atoms with E-state index < -0.39 is 11.1 Å². The number of carbonyl (C=O) groups is 1. The second-order valence-electron chi connectivity index (χ2n) is 8.19. The van der Waals surface area contributed by atoms with Crippen molar-refractivity contribution in [2.75, 3.05) is 0 Å². The smallest absolute Gasteiger partial charge is 0.220 e. The number of amides is 1. The Hall–Kier alpha value is -0.610. The Kier molecular flexibility index (Phi) is 8.21. The van der Waals surface area contributed by atoms with Crippen LogP contribution in [0.15, 0.2) is 0 Å². The summed E-state index contributed by atoms with van der Waals surface area (Å²) in [7, 11) is 0. The van der Waals surface area contributed by atoms with Gasteiger partial charge in [-0.15, -0.1) is 10.3 Å². The number of nitrogens with one attached hydrogen (secondary N) is 1. The van der Waals surface area contributed by atoms with Gasteiger partial charge in [-0.1, -0.05) is 53.4 Å². The number of rotatable bonds is 9. The summed E-state index contributed by atoms with van der Waals surface area (Å²) in [6, 6.07) is 0.0910. The lowest BCUT2D eigenvalue weighted by atomic mass is 9.68. The zero-order valence-corrected chi connectivity index (χ0v) is 16.8. The molecule has 4 unspecified atom stereocenters. The second-order valence-corrected chi connectivity index (χ2v) is 8.19. The number of hydroxylamine groups is 2. The molecule has 1 rings (SSSR count). The Bertz CT molecular complexity index is 401. The fourth-order valence-electron chi connectivity index (χ4n) is 4.07. The van der Waals surface area contributed by atoms with E-state index in [9.17, 15) is 10.0 Å². The van der Waals surface area contributed by atoms with Crippen LogP contribution in [0.5, 0.6) is 0 Å². The first-order chi connectivity index (χ1) is 11.2. The van der Waals surface area contributed by atoms with Crippen molar-refractivity contribution in [3.05, 3.63) is 0 Å². The minimum Gasteiger partial charge on any atom is -0.353 e. The van der Waals surface area contributed by atoms with Crippen molar-refractivity contribution in [1.82, 2.24) is 10.4 Å². The highest BCUT2D eigenvalue weighted by molar-refractivity contribution is 5.76. The largest absolute Gasteiger partial charge is 0.353 e. The molecule has 1 aliphatic heterocycles. The number of unbranched alkanes of at least 4 members (excludes halogenated alkanes) is 4. The molecule has 0 saturated carbocycles. The highest BCUT2D eigenvalue weighted by Crippen LogP contribution is 2.44. The lowest BCUT2D eigenvalue weighted by Crippen LogP contribution is -2.68. The van der Waals surface area contributed by atoms with E-state index in [1.807, 2.05) is 6.92 Å². The fraction of sp³-hybridized carbons (Fsp3) is 0.950. The first-order valence-electron chi connectivity index (χ1n) is 10.0. The van der Waals surface area contributed by atoms with Crippen LogP contribution in [-0.4, -0.2) is 28.1 Å². The van der Waals surface area contributed by atoms with E-state index in [1.165, 1.54) is 24.3 Å². The molecular formula is C20H39N2O2. The summed E-state index contributed by atoms with van der Waals surface area (Å²) in [5, 5.41) is 17.5. The number of hydrogen-bond acceptors (Lipinski definition) is 2. The van der Waals surface area contributed by atoms with Gasteiger partial charge in [0.05, 0.1) is 5.54 Å². The summed E-state index contributed by atoms with van der Waals surface area (Å²) in [4.78, 5) is 12.4. The topological polar surface area (TPSA) is 52.2 Å². The van der Waals surface area contributed by atoms with Crippen LogP contribution in [0.1, 0.15) is 99.3 Å². The molecule has 1 N–H and O–H groups in total. The van der Waals surface area contributed by atoms with Crippen LogP contribution < -0.4 is 5.32 Å². The van der Waals surface area contributed by atoms with Gasteiger partial charge in [0.1, 0.15) is 0 Å². The molecule has 141 valence electrons. The number of carbonyl (C=O) groups excluding carboxylic acids is 1. The van der Waals surface area contributed by atoms with Gasteiger partial charge in [-0.3, -0.25) is 4.79 Å². The minimum atomic E-state index is -0.415. The van der Waals surface area contributed by atoms with Gasteiger partial charge in [-0.25, -0.2) is 0 Å². The summed E-state index contributed by atoms with van der Waals surface area (Å²) in [5.74, 6) is 0.309. The molecule has 0 aromatic heterocycles. The first-order valence-corrected chi connectivity index (χ1v) is 10.0. The lowest BCUT2D eigenvalue weighted by molar-refractivity contribution is -0.313. The van der Waals surface area contributed by atoms with Crippen LogP contribution >= 0.6 is 0 Å². The first kappa shape index (κ1) is 21.4. The highest BCUT2D eigenvalue weighted by Gasteiger charge is 2.53. The van der Waals surface area contributed by atoms with Crippen molar-refractivity contribution in [2.45, 2.75) is 116 Å². The van der Waals surface area contributed by atoms with Crippen LogP contribution in [-0.2, 0) is 10.0 Å². The molecule has 24 heavy (non-hydrogen) atoms. The standard InChI is InChI=1S/C20H39N2O2/c1-7-10-11-12-13-14-18(23)21-17-15-19(5,8-2)22(24)20(6,9-3)16(17)4/h16-17H,7-15H2,1-6H3,(H,21,23). The van der Waals surface area contributed by atoms with Crippen LogP contribution in [0.3, 0.4) is 0 Å². The number of nitrogens with zero attached hydrogens (tertiary/aromatic N) is 1. The van der Waals surface area contributed by atoms with Gasteiger partial charge in [0, 0.05) is 18.0 Å². The van der Waals surface area contributed by atoms with E-state index in [0.717, 1.165) is 32.1 Å². The molecule has 1 aliphatic rings. The van der Waals surface area contributed by atoms with Crippen molar-refractivity contribution >= 4 is 5.91 Å². The third-order valence-electron chi connectivity index (χ3n) is 6.53. The second kappa shape index (κ2) is 9.19. The third kappa shape index (κ3) is 4.72. The summed E-state index contributed by atoms with van der Waals surface area (Å²) in [6.45, 7) is 12.6. The fourth-order valence-corrected chi connectivity index (χ4v) is 4.07. The molecule has 4 nitrogen and oxygen atoms in total. The predicted octanol–water partition coefficient (Wildman–Crippen LogP) is 4.86. The lowest BCUT2D eigenvalue weighted by Gasteiger charge is -2.56. The summed E-state index contributed by atoms with van der Waals surface area (Å²) in [6.07, 6.45) is 8.76. The van der Waals surface area contributed by atoms with Gasteiger partial charge >= 0.3 is 0 Å². The Morgan fingerprint density at radius 1 is 1.08 bits per heavy atom. The molecular weight excluding hydrogens is 300 g/mol. The van der Waals surface area contributed by atoms with Gasteiger partial charge in [0.15, 0.2) is 0 Å². The normalized spacial score (nSPS) is 34.3. The Morgan fingerprint density at radius 3 is 2.25 bits per heavy atom. The maximum atomic E-state index is 12.9. The molecule has 0 spiro atoms. The third-order valence-corrected chi connectivity index (χ3v) is 6.53. The van der Waals surface area contributed by atoms with Crippen LogP contribution in [0.25, 0.3) is 0 Å². The van der Waals surface area contributed by atoms with Crippen molar-refractivity contribution in [1.29, 1.82) is 0 Å². The van der Waals surface area contributed by atoms with Crippen molar-refractivity contribution in [2.24, 2.45) is 5.92 Å². The highest BCUT2D eigenvalue weighted by atomic mass is 16.5. The van der Waals surface area contributed by atoms with E-state index in [2.05, 4.69) is 39.9 Å². The van der Waals surface area contributed by atoms with E-state index in [0.29, 0.717) is 6.42 Å². The SMILES string of the molecule is CCCCCCCC(=O)NC1CC(C)(CC)N([O])C(C)(CC)C1C. The average molecular weight is 340 g/mol. The monoisotopic (exact) mass is 339 g/mol. The average Bonchev–Trinajstić information content (AvgIpc) is 2.57. The number of hydrogen-bond donors (Lipinski definition) is 1. The Labute approximate surface area is 149 Å². The Balaban J connectivity index is 2.67. The van der Waals surface area contributed by atoms with E-state index in [1.54, 1.807) is 0 Å². The Morgan fingerprint density at radius 2 is 1.71 bits per heavy atom. The van der Waals surface area contributed by atoms with Crippen molar-refractivity contribution in [3.63, 3.8) is 0 Å². The zero-order chi connectivity index (χ0) is 18.4. The molecule has 1 saturated heterocycles. The summed E-state index contributed by atoms with van der Waals surface area (Å²) >= 11 is 0. The van der Waals surface area contributed by atoms with E-state index in [4.69, 9.17) is 0 Å². The van der Waals surface area contributed by atoms with Crippen LogP contribution in [0.4, 0.5) is 0 Å². The van der Waals surface area contributed by atoms with Crippen LogP contribution in [0, 0.1) is 5.92 Å². The molecule has 1 amide bonds. The molecule has 0 aliphatic carbocycles. The van der Waals surface area contributed by atoms with Gasteiger partial charge in [-0.2, -0.15) is 0 Å². The number of piperidine rings is 1. The quantitative estimate of drug-likeness (QED) is 0.610. The van der Waals surface area contributed by atoms with Crippen molar-refractivity contribution < 1.29 is 10.0 Å². The molecule has 0 aromatic carbocycles. The van der Waals surface area contributed by atoms with E-state index in [-0.39, 0.29) is 17.9 Å². The summed E-state index contributed by atoms with van der Waals surface area (Å²) in [5.41, 5.74) is -0.807. The summed E-state index contributed by atoms with van der Waals surface area (Å²) < 4.78 is 0. The maximum absolute atomic E-state index is 12.9. The van der Waals surface area contributed by atoms with Gasteiger partial charge in [-0.05, 0) is 45.4 Å². The predicted molar refractivity (Wildman–Crippen MR) is 99.0 cm³/mol. The molecule has 0 bridgehead atoms. The van der Waals surface area contributed by atoms with Gasteiger partial charge in [0.25, 0.3) is 0 Å². The molecule has 1 heterocycles. The molecule has 1 radical (unpaired) electrons. The van der Waals surface area contributed by atoms with Crippen LogP contribution in [0.2, 0.25) is 0 Å². The van der Waals surface area contributed by atoms with Gasteiger partial charge < -0.3 is 5.32 Å². The van der Waals surface area contributed by atoms with Gasteiger partial charge in [0.2, 0.25) is 5.91 Å². The molecule has 4 heteroatoms. The molecule has 4 atom stereocenters. The minimum absolute atomic E-state index is 0.0910. The zero-order valence-electron chi connectivity index (χ0n) is 16.8. The molecule has 0 aromatic rings. The maximum Gasteiger partial charge on any atom is 0.220 e.